The normalized spacial score (nSPS) is 10.6. The molecule has 0 unspecified atom stereocenters. The highest BCUT2D eigenvalue weighted by molar-refractivity contribution is 6.07. The van der Waals surface area contributed by atoms with Crippen molar-refractivity contribution in [3.05, 3.63) is 48.3 Å². The summed E-state index contributed by atoms with van der Waals surface area (Å²) < 4.78 is 0. The Bertz CT molecular complexity index is 744. The van der Waals surface area contributed by atoms with Gasteiger partial charge in [-0.2, -0.15) is 0 Å². The van der Waals surface area contributed by atoms with E-state index in [1.54, 1.807) is 19.3 Å². The second kappa shape index (κ2) is 4.49. The third-order valence-electron chi connectivity index (χ3n) is 2.73. The molecule has 0 saturated heterocycles. The summed E-state index contributed by atoms with van der Waals surface area (Å²) in [6, 6.07) is 7.49. The van der Waals surface area contributed by atoms with E-state index in [4.69, 9.17) is 0 Å². The molecule has 3 aromatic rings. The minimum atomic E-state index is -0.339. The predicted octanol–water partition coefficient (Wildman–Crippen LogP) is 1.91. The van der Waals surface area contributed by atoms with Gasteiger partial charge in [-0.25, -0.2) is 4.98 Å². The molecule has 1 aromatic carbocycles. The quantitative estimate of drug-likeness (QED) is 0.730. The fraction of sp³-hybridized carbons (Fsp3) is 0.0769. The minimum Gasteiger partial charge on any atom is -0.319 e. The van der Waals surface area contributed by atoms with Crippen LogP contribution in [0.4, 0.5) is 5.69 Å². The van der Waals surface area contributed by atoms with E-state index >= 15 is 0 Å². The molecule has 1 amide bonds. The summed E-state index contributed by atoms with van der Waals surface area (Å²) in [6.45, 7) is 1.74. The van der Waals surface area contributed by atoms with Crippen molar-refractivity contribution in [1.82, 2.24) is 20.2 Å². The summed E-state index contributed by atoms with van der Waals surface area (Å²) in [5, 5.41) is 11.2. The number of carbonyl (C=O) groups is 1. The van der Waals surface area contributed by atoms with E-state index in [-0.39, 0.29) is 11.7 Å². The Kier molecular flexibility index (Phi) is 2.68. The van der Waals surface area contributed by atoms with Gasteiger partial charge in [0.15, 0.2) is 0 Å². The molecule has 94 valence electrons. The number of pyridine rings is 1. The zero-order valence-electron chi connectivity index (χ0n) is 10.2. The standard InChI is InChI=1S/C13H11N5O/c1-8-15-12(18-17-8)13(19)16-11-4-2-3-9-7-14-6-5-10(9)11/h2-7H,1H3,(H,16,19)(H,15,17,18). The molecule has 6 nitrogen and oxygen atoms in total. The van der Waals surface area contributed by atoms with Crippen LogP contribution in [0.5, 0.6) is 0 Å². The molecule has 6 heteroatoms. The summed E-state index contributed by atoms with van der Waals surface area (Å²) in [6.07, 6.45) is 3.44. The molecule has 0 bridgehead atoms. The second-order valence-corrected chi connectivity index (χ2v) is 4.10. The lowest BCUT2D eigenvalue weighted by molar-refractivity contribution is 0.101. The van der Waals surface area contributed by atoms with Crippen molar-refractivity contribution in [2.75, 3.05) is 5.32 Å². The molecule has 0 aliphatic rings. The number of aromatic nitrogens is 4. The maximum atomic E-state index is 12.0. The molecule has 0 fully saturated rings. The zero-order valence-corrected chi connectivity index (χ0v) is 10.2. The number of anilines is 1. The van der Waals surface area contributed by atoms with E-state index in [2.05, 4.69) is 25.5 Å². The number of rotatable bonds is 2. The van der Waals surface area contributed by atoms with Gasteiger partial charge in [-0.05, 0) is 19.1 Å². The number of benzene rings is 1. The maximum absolute atomic E-state index is 12.0. The maximum Gasteiger partial charge on any atom is 0.295 e. The molecule has 2 aromatic heterocycles. The van der Waals surface area contributed by atoms with Crippen LogP contribution >= 0.6 is 0 Å². The number of hydrogen-bond donors (Lipinski definition) is 2. The first-order valence-corrected chi connectivity index (χ1v) is 5.77. The highest BCUT2D eigenvalue weighted by Gasteiger charge is 2.12. The van der Waals surface area contributed by atoms with Gasteiger partial charge in [0.05, 0.1) is 0 Å². The van der Waals surface area contributed by atoms with Gasteiger partial charge in [0.1, 0.15) is 5.82 Å². The fourth-order valence-electron chi connectivity index (χ4n) is 1.85. The van der Waals surface area contributed by atoms with Crippen molar-refractivity contribution >= 4 is 22.4 Å². The molecule has 2 N–H and O–H groups in total. The smallest absolute Gasteiger partial charge is 0.295 e. The molecular formula is C13H11N5O. The monoisotopic (exact) mass is 253 g/mol. The molecule has 0 atom stereocenters. The average molecular weight is 253 g/mol. The number of hydrogen-bond acceptors (Lipinski definition) is 4. The summed E-state index contributed by atoms with van der Waals surface area (Å²) in [7, 11) is 0. The number of nitrogens with zero attached hydrogens (tertiary/aromatic N) is 3. The van der Waals surface area contributed by atoms with Crippen LogP contribution in [0, 0.1) is 6.92 Å². The summed E-state index contributed by atoms with van der Waals surface area (Å²) in [5.41, 5.74) is 0.715. The molecular weight excluding hydrogens is 242 g/mol. The zero-order chi connectivity index (χ0) is 13.2. The Balaban J connectivity index is 1.95. The van der Waals surface area contributed by atoms with Gasteiger partial charge in [-0.15, -0.1) is 5.10 Å². The SMILES string of the molecule is Cc1nc(C(=O)Nc2cccc3cnccc23)n[nH]1. The Morgan fingerprint density at radius 3 is 3.00 bits per heavy atom. The number of amides is 1. The number of nitrogens with one attached hydrogen (secondary N) is 2. The lowest BCUT2D eigenvalue weighted by Gasteiger charge is -2.06. The molecule has 2 heterocycles. The third-order valence-corrected chi connectivity index (χ3v) is 2.73. The Morgan fingerprint density at radius 2 is 2.21 bits per heavy atom. The first-order chi connectivity index (χ1) is 9.24. The largest absolute Gasteiger partial charge is 0.319 e. The summed E-state index contributed by atoms with van der Waals surface area (Å²) in [5.74, 6) is 0.393. The van der Waals surface area contributed by atoms with Gasteiger partial charge in [0.25, 0.3) is 5.91 Å². The molecule has 3 rings (SSSR count). The van der Waals surface area contributed by atoms with Gasteiger partial charge in [-0.3, -0.25) is 14.9 Å². The first kappa shape index (κ1) is 11.3. The lowest BCUT2D eigenvalue weighted by atomic mass is 10.1. The predicted molar refractivity (Wildman–Crippen MR) is 70.8 cm³/mol. The highest BCUT2D eigenvalue weighted by Crippen LogP contribution is 2.22. The van der Waals surface area contributed by atoms with Crippen molar-refractivity contribution in [1.29, 1.82) is 0 Å². The molecule has 0 aliphatic heterocycles. The summed E-state index contributed by atoms with van der Waals surface area (Å²) >= 11 is 0. The molecule has 19 heavy (non-hydrogen) atoms. The van der Waals surface area contributed by atoms with E-state index < -0.39 is 0 Å². The minimum absolute atomic E-state index is 0.128. The van der Waals surface area contributed by atoms with Crippen molar-refractivity contribution < 1.29 is 4.79 Å². The van der Waals surface area contributed by atoms with E-state index in [1.807, 2.05) is 24.3 Å². The number of aryl methyl sites for hydroxylation is 1. The number of H-pyrrole nitrogens is 1. The van der Waals surface area contributed by atoms with Crippen molar-refractivity contribution in [2.45, 2.75) is 6.92 Å². The van der Waals surface area contributed by atoms with Crippen LogP contribution in [0.15, 0.2) is 36.7 Å². The van der Waals surface area contributed by atoms with Crippen molar-refractivity contribution in [2.24, 2.45) is 0 Å². The summed E-state index contributed by atoms with van der Waals surface area (Å²) in [4.78, 5) is 20.0. The Morgan fingerprint density at radius 1 is 1.32 bits per heavy atom. The van der Waals surface area contributed by atoms with Crippen LogP contribution in [-0.4, -0.2) is 26.1 Å². The highest BCUT2D eigenvalue weighted by atomic mass is 16.2. The van der Waals surface area contributed by atoms with Crippen LogP contribution in [-0.2, 0) is 0 Å². The van der Waals surface area contributed by atoms with Gasteiger partial charge in [0, 0.05) is 28.9 Å². The van der Waals surface area contributed by atoms with Gasteiger partial charge >= 0.3 is 0 Å². The topological polar surface area (TPSA) is 83.6 Å². The second-order valence-electron chi connectivity index (χ2n) is 4.10. The molecule has 0 saturated carbocycles. The van der Waals surface area contributed by atoms with E-state index in [9.17, 15) is 4.79 Å². The van der Waals surface area contributed by atoms with Crippen LogP contribution in [0.3, 0.4) is 0 Å². The average Bonchev–Trinajstić information content (AvgIpc) is 2.86. The Hall–Kier alpha value is -2.76. The third kappa shape index (κ3) is 2.15. The molecule has 0 aliphatic carbocycles. The van der Waals surface area contributed by atoms with E-state index in [1.165, 1.54) is 0 Å². The Labute approximate surface area is 108 Å². The number of fused-ring (bicyclic) bond motifs is 1. The fourth-order valence-corrected chi connectivity index (χ4v) is 1.85. The van der Waals surface area contributed by atoms with Crippen LogP contribution in [0.2, 0.25) is 0 Å². The lowest BCUT2D eigenvalue weighted by Crippen LogP contribution is -2.14. The van der Waals surface area contributed by atoms with Crippen LogP contribution in [0.1, 0.15) is 16.4 Å². The van der Waals surface area contributed by atoms with Crippen molar-refractivity contribution in [3.8, 4) is 0 Å². The molecule has 0 radical (unpaired) electrons. The molecule has 0 spiro atoms. The van der Waals surface area contributed by atoms with Crippen molar-refractivity contribution in [3.63, 3.8) is 0 Å². The van der Waals surface area contributed by atoms with Crippen LogP contribution < -0.4 is 5.32 Å². The van der Waals surface area contributed by atoms with Crippen LogP contribution in [0.25, 0.3) is 10.8 Å². The number of carbonyl (C=O) groups excluding carboxylic acids is 1. The number of aromatic amines is 1. The van der Waals surface area contributed by atoms with Gasteiger partial charge in [-0.1, -0.05) is 12.1 Å². The first-order valence-electron chi connectivity index (χ1n) is 5.77. The van der Waals surface area contributed by atoms with Gasteiger partial charge < -0.3 is 5.32 Å². The van der Waals surface area contributed by atoms with E-state index in [0.29, 0.717) is 11.5 Å². The van der Waals surface area contributed by atoms with E-state index in [0.717, 1.165) is 10.8 Å². The van der Waals surface area contributed by atoms with Gasteiger partial charge in [0.2, 0.25) is 5.82 Å².